The van der Waals surface area contributed by atoms with Crippen molar-refractivity contribution in [1.82, 2.24) is 0 Å². The molecule has 1 spiro atoms. The summed E-state index contributed by atoms with van der Waals surface area (Å²) in [7, 11) is -7.92. The molecule has 1 aliphatic carbocycles. The van der Waals surface area contributed by atoms with E-state index in [2.05, 4.69) is 13.1 Å². The van der Waals surface area contributed by atoms with Crippen molar-refractivity contribution in [2.75, 3.05) is 6.61 Å². The maximum atomic E-state index is 11.8. The van der Waals surface area contributed by atoms with E-state index in [9.17, 15) is 23.7 Å². The van der Waals surface area contributed by atoms with Crippen molar-refractivity contribution in [3.05, 3.63) is 0 Å². The van der Waals surface area contributed by atoms with Crippen LogP contribution in [0.1, 0.15) is 44.9 Å². The summed E-state index contributed by atoms with van der Waals surface area (Å²) < 4.78 is 51.2. The lowest BCUT2D eigenvalue weighted by atomic mass is 9.63. The highest BCUT2D eigenvalue weighted by atomic mass is 31.3. The molecular formula is C12H23BO11P3+. The van der Waals surface area contributed by atoms with Gasteiger partial charge in [0.05, 0.1) is 12.7 Å². The maximum absolute atomic E-state index is 11.8. The molecular weight excluding hydrogens is 424 g/mol. The summed E-state index contributed by atoms with van der Waals surface area (Å²) in [6.07, 6.45) is 4.06. The zero-order valence-corrected chi connectivity index (χ0v) is 17.1. The van der Waals surface area contributed by atoms with Gasteiger partial charge in [-0.3, -0.25) is 9.42 Å². The van der Waals surface area contributed by atoms with E-state index in [0.717, 1.165) is 32.1 Å². The summed E-state index contributed by atoms with van der Waals surface area (Å²) in [5.41, 5.74) is -0.695. The molecule has 1 aliphatic heterocycles. The molecule has 2 aliphatic rings. The monoisotopic (exact) mass is 447 g/mol. The van der Waals surface area contributed by atoms with Crippen molar-refractivity contribution >= 4 is 31.7 Å². The Balaban J connectivity index is 1.98. The van der Waals surface area contributed by atoms with Crippen LogP contribution in [0, 0.1) is 5.41 Å². The first-order valence-electron chi connectivity index (χ1n) is 8.44. The van der Waals surface area contributed by atoms with Gasteiger partial charge >= 0.3 is 23.9 Å². The number of aliphatic hydroxyl groups is 1. The first kappa shape index (κ1) is 23.6. The maximum Gasteiger partial charge on any atom is 0.705 e. The van der Waals surface area contributed by atoms with E-state index in [1.165, 1.54) is 0 Å². The molecule has 4 N–H and O–H groups in total. The van der Waals surface area contributed by atoms with Gasteiger partial charge in [0.1, 0.15) is 14.0 Å². The number of hydrogen-bond donors (Lipinski definition) is 4. The molecule has 6 atom stereocenters. The molecule has 6 unspecified atom stereocenters. The predicted molar refractivity (Wildman–Crippen MR) is 92.8 cm³/mol. The summed E-state index contributed by atoms with van der Waals surface area (Å²) >= 11 is 0. The number of phosphoric acid groups is 2. The molecule has 27 heavy (non-hydrogen) atoms. The van der Waals surface area contributed by atoms with Gasteiger partial charge in [0.15, 0.2) is 0 Å². The van der Waals surface area contributed by atoms with Crippen LogP contribution in [0.25, 0.3) is 0 Å². The second-order valence-corrected chi connectivity index (χ2v) is 10.6. The van der Waals surface area contributed by atoms with Crippen molar-refractivity contribution in [2.24, 2.45) is 5.41 Å². The van der Waals surface area contributed by atoms with Gasteiger partial charge in [-0.05, 0) is 17.2 Å². The van der Waals surface area contributed by atoms with Crippen LogP contribution in [0.3, 0.4) is 0 Å². The Kier molecular flexibility index (Phi) is 8.22. The quantitative estimate of drug-likeness (QED) is 0.332. The Labute approximate surface area is 159 Å². The second kappa shape index (κ2) is 9.41. The third kappa shape index (κ3) is 6.39. The van der Waals surface area contributed by atoms with Gasteiger partial charge in [0.2, 0.25) is 0 Å². The Morgan fingerprint density at radius 1 is 1.11 bits per heavy atom. The standard InChI is InChI=1S/C12H22BO11P3/c13-11-12(6-4-2-1-3-5-7-12)10(14)9(22-11)8-21-26(17,18)24-27(19,20)23-25(15)16/h9-11,14H,1-8H2,(H2-,15,16,17,18,19,20)/p+1. The molecule has 0 aromatic carbocycles. The van der Waals surface area contributed by atoms with Gasteiger partial charge in [-0.15, -0.1) is 4.89 Å². The fraction of sp³-hybridized carbons (Fsp3) is 1.00. The lowest BCUT2D eigenvalue weighted by Crippen LogP contribution is -2.42. The van der Waals surface area contributed by atoms with E-state index in [-0.39, 0.29) is 0 Å². The Morgan fingerprint density at radius 3 is 2.22 bits per heavy atom. The van der Waals surface area contributed by atoms with Crippen LogP contribution in [0.15, 0.2) is 0 Å². The van der Waals surface area contributed by atoms with Crippen molar-refractivity contribution in [1.29, 1.82) is 0 Å². The molecule has 2 fully saturated rings. The van der Waals surface area contributed by atoms with Gasteiger partial charge < -0.3 is 14.7 Å². The second-order valence-electron chi connectivity index (χ2n) is 6.67. The molecule has 1 saturated heterocycles. The fourth-order valence-corrected chi connectivity index (χ4v) is 6.30. The van der Waals surface area contributed by atoms with Gasteiger partial charge in [0.25, 0.3) is 0 Å². The van der Waals surface area contributed by atoms with Crippen LogP contribution in [0.2, 0.25) is 0 Å². The molecule has 2 radical (unpaired) electrons. The van der Waals surface area contributed by atoms with E-state index >= 15 is 0 Å². The van der Waals surface area contributed by atoms with E-state index in [0.29, 0.717) is 12.8 Å². The molecule has 0 bridgehead atoms. The number of phosphoric ester groups is 1. The Morgan fingerprint density at radius 2 is 1.67 bits per heavy atom. The topological polar surface area (TPSA) is 169 Å². The van der Waals surface area contributed by atoms with Crippen molar-refractivity contribution in [3.8, 4) is 0 Å². The lowest BCUT2D eigenvalue weighted by Gasteiger charge is -2.37. The SMILES string of the molecule is [B]C1OC(COP(=O)(O)OP(=O)(O)O[P+](=O)O)C(O)C12CCCCCCC2. The molecule has 0 aromatic rings. The van der Waals surface area contributed by atoms with E-state index < -0.39 is 54.1 Å². The first-order chi connectivity index (χ1) is 12.5. The number of aliphatic hydroxyl groups excluding tert-OH is 1. The molecule has 154 valence electrons. The smallest absolute Gasteiger partial charge is 0.390 e. The molecule has 0 amide bonds. The van der Waals surface area contributed by atoms with Crippen LogP contribution in [0.5, 0.6) is 0 Å². The van der Waals surface area contributed by atoms with Gasteiger partial charge in [-0.25, -0.2) is 9.13 Å². The minimum atomic E-state index is -5.30. The van der Waals surface area contributed by atoms with Crippen LogP contribution >= 0.6 is 23.9 Å². The number of hydrogen-bond acceptors (Lipinski definition) is 8. The summed E-state index contributed by atoms with van der Waals surface area (Å²) in [4.78, 5) is 27.1. The van der Waals surface area contributed by atoms with E-state index in [1.807, 2.05) is 0 Å². The van der Waals surface area contributed by atoms with E-state index in [1.54, 1.807) is 0 Å². The zero-order valence-electron chi connectivity index (χ0n) is 14.5. The fourth-order valence-electron chi connectivity index (χ4n) is 3.64. The molecule has 2 rings (SSSR count). The Bertz CT molecular complexity index is 624. The minimum Gasteiger partial charge on any atom is -0.390 e. The van der Waals surface area contributed by atoms with Crippen LogP contribution in [-0.2, 0) is 31.6 Å². The lowest BCUT2D eigenvalue weighted by molar-refractivity contribution is -0.0113. The molecule has 11 nitrogen and oxygen atoms in total. The third-order valence-electron chi connectivity index (χ3n) is 4.90. The summed E-state index contributed by atoms with van der Waals surface area (Å²) in [6.45, 7) is -0.643. The molecule has 15 heteroatoms. The van der Waals surface area contributed by atoms with Crippen molar-refractivity contribution in [2.45, 2.75) is 63.2 Å². The van der Waals surface area contributed by atoms with Crippen LogP contribution in [-0.4, -0.2) is 52.5 Å². The minimum absolute atomic E-state index is 0.641. The summed E-state index contributed by atoms with van der Waals surface area (Å²) in [6, 6.07) is -0.788. The molecule has 0 aromatic heterocycles. The highest BCUT2D eigenvalue weighted by Gasteiger charge is 2.53. The van der Waals surface area contributed by atoms with Gasteiger partial charge in [-0.1, -0.05) is 32.1 Å². The number of ether oxygens (including phenoxy) is 1. The van der Waals surface area contributed by atoms with E-state index in [4.69, 9.17) is 22.4 Å². The van der Waals surface area contributed by atoms with Crippen molar-refractivity contribution < 1.29 is 51.4 Å². The van der Waals surface area contributed by atoms with Gasteiger partial charge in [-0.2, -0.15) is 4.31 Å². The largest absolute Gasteiger partial charge is 0.705 e. The Hall–Kier alpha value is 0.305. The van der Waals surface area contributed by atoms with Crippen LogP contribution in [0.4, 0.5) is 0 Å². The average Bonchev–Trinajstić information content (AvgIpc) is 2.71. The normalized spacial score (nSPS) is 33.6. The highest BCUT2D eigenvalue weighted by Crippen LogP contribution is 2.63. The molecule has 1 saturated carbocycles. The van der Waals surface area contributed by atoms with Gasteiger partial charge in [0, 0.05) is 16.0 Å². The highest BCUT2D eigenvalue weighted by molar-refractivity contribution is 7.64. The average molecular weight is 447 g/mol. The zero-order chi connectivity index (χ0) is 20.3. The van der Waals surface area contributed by atoms with Crippen molar-refractivity contribution in [3.63, 3.8) is 0 Å². The third-order valence-corrected chi connectivity index (χ3v) is 8.41. The summed E-state index contributed by atoms with van der Waals surface area (Å²) in [5.74, 6) is 0. The number of rotatable bonds is 7. The first-order valence-corrected chi connectivity index (χ1v) is 12.6. The molecule has 1 heterocycles. The predicted octanol–water partition coefficient (Wildman–Crippen LogP) is 1.87. The van der Waals surface area contributed by atoms with Crippen LogP contribution < -0.4 is 0 Å². The summed E-state index contributed by atoms with van der Waals surface area (Å²) in [5, 5.41) is 10.7.